The maximum absolute atomic E-state index is 13.0. The number of rotatable bonds is 28. The van der Waals surface area contributed by atoms with Crippen LogP contribution in [0, 0.1) is 65.1 Å². The van der Waals surface area contributed by atoms with E-state index >= 15 is 0 Å². The molecule has 6 N–H and O–H groups in total. The first-order chi connectivity index (χ1) is 60.5. The van der Waals surface area contributed by atoms with Gasteiger partial charge in [-0.25, -0.2) is 13.2 Å². The van der Waals surface area contributed by atoms with Crippen molar-refractivity contribution >= 4 is 0 Å². The number of alkyl halides is 3. The molecule has 16 nitrogen and oxygen atoms in total. The fourth-order valence-corrected chi connectivity index (χ4v) is 16.2. The molecule has 7 aliphatic carbocycles. The summed E-state index contributed by atoms with van der Waals surface area (Å²) in [6.45, 7) is 63.7. The third kappa shape index (κ3) is 52.9. The Morgan fingerprint density at radius 1 is 0.465 bits per heavy atom. The standard InChI is InChI=1S/C12H16O.2C12H18.C11H18N2.C10H17N3.C9H17FO2.2C8H17NO.C8H16O.C7H15N.2C6H12FN.CH4/c1-9(2)12-7-10-5-3-4-6-11(10)8-13-12;2*1-10(2)11(3)9-12-7-5-4-6-8-12;1-8(2)9-4-5-10-7-12-13(3)11(10)6-9;1-7(2)12-10-4-9(10)8-5-11-13(3)6-8;1-7(2)5-12-9-3-4-11-6-8(9)10;2*1-6(2)9-7-4-8(5-7)10-3;1-7(2)5-8-3-4-9-6-8;1-5(2)8-7-4-6(7)3;2*1-4(2)8-6-3-5(6)7;/h3-6,9,12H,7-8H2,1-2H3;2*4-8,10-11H,9H2,1-3H3;7-9H,4-6H2,1-3H3;5-7,9-10,12H,4H2,1-3H3;7-9H,3-6H2,1-2H3;2*6-9H,4-5H2,1-3H3;7-8H,3-6H2,1-2H3;5-8H,4H2,1-3H3;2*4-6,8H,3H2,1-2H3;1H4/t12-;2*11-;9-;9-,10+;8-,9+;;;8-;6-,7-;2*5-,6+;/m110001..1010./s1. The molecule has 2 saturated heterocycles. The van der Waals surface area contributed by atoms with Crippen molar-refractivity contribution in [2.75, 3.05) is 47.3 Å². The Bertz CT molecular complexity index is 3410. The number of benzene rings is 3. The number of hydrogen-bond acceptors (Lipinski definition) is 14. The van der Waals surface area contributed by atoms with Gasteiger partial charge in [0.05, 0.1) is 50.0 Å². The van der Waals surface area contributed by atoms with E-state index < -0.39 is 18.5 Å². The fourth-order valence-electron chi connectivity index (χ4n) is 16.2. The second-order valence-electron chi connectivity index (χ2n) is 42.8. The maximum atomic E-state index is 13.0. The maximum Gasteiger partial charge on any atom is 0.149 e. The monoisotopic (exact) mass is 1810 g/mol. The minimum Gasteiger partial charge on any atom is -0.381 e. The van der Waals surface area contributed by atoms with Gasteiger partial charge < -0.3 is 60.3 Å². The summed E-state index contributed by atoms with van der Waals surface area (Å²) in [4.78, 5) is 0. The number of ether oxygens (including phenoxy) is 6. The molecular formula is C110H197F3N10O6. The van der Waals surface area contributed by atoms with Gasteiger partial charge in [0, 0.05) is 145 Å². The van der Waals surface area contributed by atoms with Gasteiger partial charge in [-0.2, -0.15) is 10.2 Å². The van der Waals surface area contributed by atoms with Crippen molar-refractivity contribution in [3.63, 3.8) is 0 Å². The third-order valence-corrected chi connectivity index (χ3v) is 25.5. The Morgan fingerprint density at radius 3 is 1.29 bits per heavy atom. The lowest BCUT2D eigenvalue weighted by Crippen LogP contribution is -2.47. The smallest absolute Gasteiger partial charge is 0.149 e. The minimum absolute atomic E-state index is 0. The average Bonchev–Trinajstić information content (AvgIpc) is 1.65. The van der Waals surface area contributed by atoms with Crippen LogP contribution in [0.1, 0.15) is 316 Å². The molecule has 0 unspecified atom stereocenters. The van der Waals surface area contributed by atoms with Crippen LogP contribution in [0.3, 0.4) is 0 Å². The Hall–Kier alpha value is -4.61. The minimum atomic E-state index is -0.933. The molecule has 5 heterocycles. The first-order valence-corrected chi connectivity index (χ1v) is 50.6. The van der Waals surface area contributed by atoms with E-state index in [1.54, 1.807) is 14.2 Å². The first kappa shape index (κ1) is 119. The number of aryl methyl sites for hydroxylation is 3. The molecule has 0 amide bonds. The molecule has 0 spiro atoms. The van der Waals surface area contributed by atoms with Crippen LogP contribution in [0.15, 0.2) is 104 Å². The zero-order valence-electron chi connectivity index (χ0n) is 86.8. The van der Waals surface area contributed by atoms with Crippen LogP contribution in [0.2, 0.25) is 0 Å². The van der Waals surface area contributed by atoms with Gasteiger partial charge in [0.1, 0.15) is 18.5 Å². The summed E-state index contributed by atoms with van der Waals surface area (Å²) in [6.07, 6.45) is 24.8. The molecule has 8 fully saturated rings. The highest BCUT2D eigenvalue weighted by Crippen LogP contribution is 2.41. The van der Waals surface area contributed by atoms with E-state index in [1.807, 2.05) is 56.5 Å². The molecule has 15 atom stereocenters. The Morgan fingerprint density at radius 2 is 0.915 bits per heavy atom. The zero-order chi connectivity index (χ0) is 95.3. The number of hydrogen-bond donors (Lipinski definition) is 6. The van der Waals surface area contributed by atoms with Gasteiger partial charge in [-0.15, -0.1) is 0 Å². The largest absolute Gasteiger partial charge is 0.381 e. The highest BCUT2D eigenvalue weighted by atomic mass is 19.1. The van der Waals surface area contributed by atoms with E-state index in [2.05, 4.69) is 300 Å². The molecule has 19 heteroatoms. The second-order valence-corrected chi connectivity index (χ2v) is 42.8. The van der Waals surface area contributed by atoms with E-state index in [1.165, 1.54) is 123 Å². The van der Waals surface area contributed by atoms with Crippen LogP contribution in [-0.4, -0.2) is 182 Å². The number of halogens is 3. The third-order valence-electron chi connectivity index (χ3n) is 25.5. The lowest BCUT2D eigenvalue weighted by Gasteiger charge is -2.36. The predicted molar refractivity (Wildman–Crippen MR) is 541 cm³/mol. The summed E-state index contributed by atoms with van der Waals surface area (Å²) in [6, 6.07) is 36.7. The normalized spacial score (nSPS) is 26.1. The fraction of sp³-hybridized carbons (Fsp3) is 0.782. The topological polar surface area (TPSA) is 163 Å². The number of fused-ring (bicyclic) bond motifs is 2. The van der Waals surface area contributed by atoms with Crippen LogP contribution in [0.25, 0.3) is 0 Å². The quantitative estimate of drug-likeness (QED) is 0.0280. The van der Waals surface area contributed by atoms with Crippen molar-refractivity contribution in [1.82, 2.24) is 51.5 Å². The van der Waals surface area contributed by atoms with E-state index in [9.17, 15) is 13.2 Å². The van der Waals surface area contributed by atoms with Crippen molar-refractivity contribution in [3.05, 3.63) is 143 Å². The molecule has 15 rings (SSSR count). The number of nitrogens with zero attached hydrogens (tertiary/aromatic N) is 4. The van der Waals surface area contributed by atoms with E-state index in [0.29, 0.717) is 110 Å². The summed E-state index contributed by atoms with van der Waals surface area (Å²) in [5, 5.41) is 28.6. The molecule has 3 aromatic carbocycles. The van der Waals surface area contributed by atoms with Crippen molar-refractivity contribution in [1.29, 1.82) is 0 Å². The highest BCUT2D eigenvalue weighted by molar-refractivity contribution is 5.29. The van der Waals surface area contributed by atoms with Gasteiger partial charge in [-0.1, -0.05) is 279 Å². The average molecular weight is 1810 g/mol. The van der Waals surface area contributed by atoms with Gasteiger partial charge in [0.2, 0.25) is 0 Å². The second kappa shape index (κ2) is 64.4. The van der Waals surface area contributed by atoms with Gasteiger partial charge in [-0.05, 0) is 208 Å². The summed E-state index contributed by atoms with van der Waals surface area (Å²) < 4.78 is 72.8. The molecule has 3 aliphatic heterocycles. The van der Waals surface area contributed by atoms with Crippen LogP contribution < -0.4 is 31.9 Å². The molecule has 6 saturated carbocycles. The van der Waals surface area contributed by atoms with Crippen molar-refractivity contribution in [2.24, 2.45) is 79.2 Å². The Balaban J connectivity index is 0.000000364. The van der Waals surface area contributed by atoms with Crippen molar-refractivity contribution in [2.45, 2.75) is 431 Å². The lowest BCUT2D eigenvalue weighted by atomic mass is 9.81. The van der Waals surface area contributed by atoms with E-state index in [-0.39, 0.29) is 32.2 Å². The molecule has 2 aromatic heterocycles. The van der Waals surface area contributed by atoms with Gasteiger partial charge in [-0.3, -0.25) is 9.36 Å². The molecule has 0 radical (unpaired) electrons. The molecule has 744 valence electrons. The zero-order valence-corrected chi connectivity index (χ0v) is 86.8. The van der Waals surface area contributed by atoms with Crippen molar-refractivity contribution < 1.29 is 41.6 Å². The Kier molecular flexibility index (Phi) is 59.2. The lowest BCUT2D eigenvalue weighted by molar-refractivity contribution is -0.0896. The number of nitrogens with one attached hydrogen (secondary N) is 6. The summed E-state index contributed by atoms with van der Waals surface area (Å²) in [5.41, 5.74) is 10.1. The SMILES string of the molecule is C.CC(C)CO[C@H]1CCOC[C@H]1F.CC(C)C[C@H]1CCOC1.CC(C)N[C@@H]1C[C@@H]1F.CC(C)N[C@@H]1C[C@H]1c1cnn(C)c1.CC(C)N[C@H]1C[C@@H]1C.CC(C)N[C@H]1C[C@H]1F.CC(C)[C@@H](C)Cc1ccccc1.CC(C)[C@H](C)Cc1ccccc1.CC(C)[C@H]1CCc2cnn(C)c2C1.CC(C)[C@H]1Cc2ccccc2CO1.COC1CC(NC(C)C)C1.COC1CC(NC(C)C)C1. The molecule has 0 bridgehead atoms. The molecule has 129 heavy (non-hydrogen) atoms. The number of aromatic nitrogens is 4. The summed E-state index contributed by atoms with van der Waals surface area (Å²) in [5.74, 6) is 9.25. The van der Waals surface area contributed by atoms with Crippen LogP contribution in [0.4, 0.5) is 13.2 Å². The summed E-state index contributed by atoms with van der Waals surface area (Å²) in [7, 11) is 7.60. The molecule has 10 aliphatic rings. The van der Waals surface area contributed by atoms with Gasteiger partial charge >= 0.3 is 0 Å². The van der Waals surface area contributed by atoms with E-state index in [0.717, 1.165) is 98.4 Å². The van der Waals surface area contributed by atoms with Gasteiger partial charge in [0.25, 0.3) is 0 Å². The van der Waals surface area contributed by atoms with E-state index in [4.69, 9.17) is 28.4 Å². The Labute approximate surface area is 789 Å². The number of methoxy groups -OCH3 is 2. The van der Waals surface area contributed by atoms with Gasteiger partial charge in [0.15, 0.2) is 0 Å². The van der Waals surface area contributed by atoms with Crippen molar-refractivity contribution in [3.8, 4) is 0 Å². The molecule has 5 aromatic rings. The van der Waals surface area contributed by atoms with Crippen LogP contribution in [0.5, 0.6) is 0 Å². The summed E-state index contributed by atoms with van der Waals surface area (Å²) >= 11 is 0. The highest BCUT2D eigenvalue weighted by Gasteiger charge is 2.40. The predicted octanol–water partition coefficient (Wildman–Crippen LogP) is 23.7. The van der Waals surface area contributed by atoms with Crippen LogP contribution >= 0.6 is 0 Å². The first-order valence-electron chi connectivity index (χ1n) is 50.6. The van der Waals surface area contributed by atoms with Crippen LogP contribution in [-0.2, 0) is 81.2 Å². The molecular weight excluding hydrogens is 1610 g/mol.